The zero-order chi connectivity index (χ0) is 19.6. The standard InChI is InChI=1S/C21H22N6O/c1-3-14-5-4-6-16(11-14)25-19-18-17(23-13-24-19)12-22-20(27-18)26-15-7-9-21(2,28)10-8-15/h1,4-6,11-13,15,28H,7-10H2,2H3,(H,22,26,27)(H,23,24,25). The molecular formula is C21H22N6O. The molecule has 0 radical (unpaired) electrons. The first-order valence-corrected chi connectivity index (χ1v) is 9.33. The van der Waals surface area contributed by atoms with Crippen LogP contribution in [-0.4, -0.2) is 36.7 Å². The Balaban J connectivity index is 1.58. The van der Waals surface area contributed by atoms with E-state index in [4.69, 9.17) is 6.42 Å². The van der Waals surface area contributed by atoms with Crippen LogP contribution >= 0.6 is 0 Å². The molecule has 1 aromatic carbocycles. The lowest BCUT2D eigenvalue weighted by Crippen LogP contribution is -2.36. The predicted molar refractivity (Wildman–Crippen MR) is 109 cm³/mol. The van der Waals surface area contributed by atoms with Gasteiger partial charge >= 0.3 is 0 Å². The summed E-state index contributed by atoms with van der Waals surface area (Å²) in [5.74, 6) is 3.75. The fraction of sp³-hybridized carbons (Fsp3) is 0.333. The van der Waals surface area contributed by atoms with Crippen LogP contribution < -0.4 is 10.6 Å². The number of fused-ring (bicyclic) bond motifs is 1. The lowest BCUT2D eigenvalue weighted by molar-refractivity contribution is 0.0196. The Kier molecular flexibility index (Phi) is 4.80. The summed E-state index contributed by atoms with van der Waals surface area (Å²) in [5, 5.41) is 16.8. The number of hydrogen-bond acceptors (Lipinski definition) is 7. The number of benzene rings is 1. The van der Waals surface area contributed by atoms with Crippen LogP contribution in [0.4, 0.5) is 17.5 Å². The number of hydrogen-bond donors (Lipinski definition) is 3. The molecule has 1 aliphatic rings. The second kappa shape index (κ2) is 7.41. The molecule has 0 amide bonds. The van der Waals surface area contributed by atoms with Gasteiger partial charge in [-0.05, 0) is 50.8 Å². The van der Waals surface area contributed by atoms with Gasteiger partial charge in [0.1, 0.15) is 17.4 Å². The molecule has 2 aromatic heterocycles. The van der Waals surface area contributed by atoms with Gasteiger partial charge < -0.3 is 15.7 Å². The van der Waals surface area contributed by atoms with E-state index in [1.54, 1.807) is 6.20 Å². The van der Waals surface area contributed by atoms with Gasteiger partial charge in [0.15, 0.2) is 5.82 Å². The van der Waals surface area contributed by atoms with Crippen molar-refractivity contribution in [3.63, 3.8) is 0 Å². The predicted octanol–water partition coefficient (Wildman–Crippen LogP) is 3.25. The smallest absolute Gasteiger partial charge is 0.223 e. The fourth-order valence-corrected chi connectivity index (χ4v) is 3.41. The Morgan fingerprint density at radius 1 is 1.21 bits per heavy atom. The molecule has 3 N–H and O–H groups in total. The minimum absolute atomic E-state index is 0.242. The quantitative estimate of drug-likeness (QED) is 0.603. The van der Waals surface area contributed by atoms with Crippen molar-refractivity contribution >= 4 is 28.5 Å². The third-order valence-electron chi connectivity index (χ3n) is 5.07. The van der Waals surface area contributed by atoms with E-state index in [0.29, 0.717) is 22.8 Å². The molecular weight excluding hydrogens is 352 g/mol. The molecule has 28 heavy (non-hydrogen) atoms. The minimum atomic E-state index is -0.569. The van der Waals surface area contributed by atoms with Crippen molar-refractivity contribution in [2.75, 3.05) is 10.6 Å². The summed E-state index contributed by atoms with van der Waals surface area (Å²) in [7, 11) is 0. The van der Waals surface area contributed by atoms with Crippen molar-refractivity contribution in [3.05, 3.63) is 42.4 Å². The van der Waals surface area contributed by atoms with Gasteiger partial charge in [0.25, 0.3) is 0 Å². The molecule has 7 heteroatoms. The van der Waals surface area contributed by atoms with Gasteiger partial charge in [-0.1, -0.05) is 12.0 Å². The van der Waals surface area contributed by atoms with Gasteiger partial charge in [0, 0.05) is 17.3 Å². The van der Waals surface area contributed by atoms with E-state index < -0.39 is 5.60 Å². The lowest BCUT2D eigenvalue weighted by Gasteiger charge is -2.33. The van der Waals surface area contributed by atoms with Crippen LogP contribution in [0.15, 0.2) is 36.8 Å². The molecule has 3 aromatic rings. The summed E-state index contributed by atoms with van der Waals surface area (Å²) < 4.78 is 0. The SMILES string of the molecule is C#Cc1cccc(Nc2ncnc3cnc(NC4CCC(C)(O)CC4)nc23)c1. The van der Waals surface area contributed by atoms with Crippen LogP contribution in [0.3, 0.4) is 0 Å². The molecule has 0 spiro atoms. The maximum absolute atomic E-state index is 10.1. The maximum Gasteiger partial charge on any atom is 0.223 e. The number of terminal acetylenes is 1. The number of aromatic nitrogens is 4. The number of rotatable bonds is 4. The van der Waals surface area contributed by atoms with Crippen molar-refractivity contribution in [2.24, 2.45) is 0 Å². The second-order valence-electron chi connectivity index (χ2n) is 7.42. The molecule has 0 unspecified atom stereocenters. The zero-order valence-corrected chi connectivity index (χ0v) is 15.7. The van der Waals surface area contributed by atoms with Crippen LogP contribution in [0.2, 0.25) is 0 Å². The largest absolute Gasteiger partial charge is 0.390 e. The molecule has 1 fully saturated rings. The molecule has 0 saturated heterocycles. The van der Waals surface area contributed by atoms with Crippen molar-refractivity contribution < 1.29 is 5.11 Å². The summed E-state index contributed by atoms with van der Waals surface area (Å²) in [6.07, 6.45) is 11.9. The monoisotopic (exact) mass is 374 g/mol. The Morgan fingerprint density at radius 3 is 2.82 bits per heavy atom. The molecule has 142 valence electrons. The first kappa shape index (κ1) is 18.1. The Morgan fingerprint density at radius 2 is 2.04 bits per heavy atom. The van der Waals surface area contributed by atoms with Crippen LogP contribution in [0.5, 0.6) is 0 Å². The third kappa shape index (κ3) is 4.02. The molecule has 1 aliphatic carbocycles. The molecule has 7 nitrogen and oxygen atoms in total. The average Bonchev–Trinajstić information content (AvgIpc) is 2.70. The van der Waals surface area contributed by atoms with Crippen molar-refractivity contribution in [1.29, 1.82) is 0 Å². The van der Waals surface area contributed by atoms with E-state index in [0.717, 1.165) is 36.9 Å². The van der Waals surface area contributed by atoms with E-state index in [9.17, 15) is 5.11 Å². The van der Waals surface area contributed by atoms with Gasteiger partial charge in [-0.25, -0.2) is 19.9 Å². The molecule has 0 bridgehead atoms. The van der Waals surface area contributed by atoms with Gasteiger partial charge in [-0.15, -0.1) is 6.42 Å². The summed E-state index contributed by atoms with van der Waals surface area (Å²) in [5.41, 5.74) is 2.34. The Hall–Kier alpha value is -3.24. The molecule has 0 aliphatic heterocycles. The van der Waals surface area contributed by atoms with Gasteiger partial charge in [0.05, 0.1) is 11.8 Å². The van der Waals surface area contributed by atoms with Gasteiger partial charge in [-0.3, -0.25) is 0 Å². The summed E-state index contributed by atoms with van der Waals surface area (Å²) in [6, 6.07) is 7.80. The minimum Gasteiger partial charge on any atom is -0.390 e. The van der Waals surface area contributed by atoms with E-state index in [1.807, 2.05) is 31.2 Å². The topological polar surface area (TPSA) is 95.9 Å². The average molecular weight is 374 g/mol. The summed E-state index contributed by atoms with van der Waals surface area (Å²) >= 11 is 0. The molecule has 0 atom stereocenters. The normalized spacial score (nSPS) is 21.8. The highest BCUT2D eigenvalue weighted by atomic mass is 16.3. The first-order valence-electron chi connectivity index (χ1n) is 9.33. The van der Waals surface area contributed by atoms with Crippen LogP contribution in [0.1, 0.15) is 38.2 Å². The van der Waals surface area contributed by atoms with Crippen molar-refractivity contribution in [2.45, 2.75) is 44.2 Å². The van der Waals surface area contributed by atoms with Crippen LogP contribution in [0.25, 0.3) is 11.0 Å². The Labute approximate surface area is 163 Å². The highest BCUT2D eigenvalue weighted by Crippen LogP contribution is 2.29. The zero-order valence-electron chi connectivity index (χ0n) is 15.7. The molecule has 4 rings (SSSR count). The highest BCUT2D eigenvalue weighted by molar-refractivity contribution is 5.87. The molecule has 1 saturated carbocycles. The van der Waals surface area contributed by atoms with Crippen LogP contribution in [-0.2, 0) is 0 Å². The summed E-state index contributed by atoms with van der Waals surface area (Å²) in [6.45, 7) is 1.89. The van der Waals surface area contributed by atoms with E-state index >= 15 is 0 Å². The highest BCUT2D eigenvalue weighted by Gasteiger charge is 2.28. The van der Waals surface area contributed by atoms with E-state index in [-0.39, 0.29) is 6.04 Å². The first-order chi connectivity index (χ1) is 13.5. The van der Waals surface area contributed by atoms with E-state index in [2.05, 4.69) is 36.5 Å². The molecule has 2 heterocycles. The third-order valence-corrected chi connectivity index (χ3v) is 5.07. The summed E-state index contributed by atoms with van der Waals surface area (Å²) in [4.78, 5) is 17.6. The number of nitrogens with one attached hydrogen (secondary N) is 2. The second-order valence-corrected chi connectivity index (χ2v) is 7.42. The number of aliphatic hydroxyl groups is 1. The Bertz CT molecular complexity index is 1030. The lowest BCUT2D eigenvalue weighted by atomic mass is 9.84. The van der Waals surface area contributed by atoms with E-state index in [1.165, 1.54) is 6.33 Å². The van der Waals surface area contributed by atoms with Crippen molar-refractivity contribution in [1.82, 2.24) is 19.9 Å². The van der Waals surface area contributed by atoms with Crippen molar-refractivity contribution in [3.8, 4) is 12.3 Å². The number of anilines is 3. The van der Waals surface area contributed by atoms with Gasteiger partial charge in [-0.2, -0.15) is 0 Å². The fourth-order valence-electron chi connectivity index (χ4n) is 3.41. The number of nitrogens with zero attached hydrogens (tertiary/aromatic N) is 4. The van der Waals surface area contributed by atoms with Gasteiger partial charge in [0.2, 0.25) is 5.95 Å². The maximum atomic E-state index is 10.1. The van der Waals surface area contributed by atoms with Crippen LogP contribution in [0, 0.1) is 12.3 Å².